The third-order valence-electron chi connectivity index (χ3n) is 5.45. The topological polar surface area (TPSA) is 66.1 Å². The fourth-order valence-electron chi connectivity index (χ4n) is 3.76. The molecule has 1 unspecified atom stereocenters. The lowest BCUT2D eigenvalue weighted by atomic mass is 9.97. The first-order valence-electron chi connectivity index (χ1n) is 9.41. The maximum atomic E-state index is 12.9. The molecule has 0 saturated carbocycles. The van der Waals surface area contributed by atoms with Crippen molar-refractivity contribution in [1.82, 2.24) is 14.9 Å². The molecule has 142 valence electrons. The number of likely N-dealkylation sites (tertiary alicyclic amines) is 1. The summed E-state index contributed by atoms with van der Waals surface area (Å²) in [6, 6.07) is 8.79. The molecule has 3 rings (SSSR count). The summed E-state index contributed by atoms with van der Waals surface area (Å²) in [6.45, 7) is 6.71. The molecule has 0 aliphatic carbocycles. The number of nitrogens with one attached hydrogen (secondary N) is 1. The third-order valence-corrected chi connectivity index (χ3v) is 8.00. The number of aromatic nitrogens is 2. The number of imidazole rings is 1. The minimum absolute atomic E-state index is 0.417. The van der Waals surface area contributed by atoms with Crippen molar-refractivity contribution in [2.24, 2.45) is 0 Å². The van der Waals surface area contributed by atoms with Crippen molar-refractivity contribution in [1.29, 1.82) is 0 Å². The van der Waals surface area contributed by atoms with E-state index < -0.39 is 14.6 Å². The Bertz CT molecular complexity index is 786. The van der Waals surface area contributed by atoms with Crippen LogP contribution in [0.5, 0.6) is 0 Å². The van der Waals surface area contributed by atoms with Crippen molar-refractivity contribution in [2.45, 2.75) is 55.1 Å². The van der Waals surface area contributed by atoms with Crippen LogP contribution < -0.4 is 0 Å². The number of aromatic amines is 1. The van der Waals surface area contributed by atoms with Crippen LogP contribution in [-0.4, -0.2) is 47.7 Å². The SMILES string of the molecule is CC(C)(CCCN1CCCC(c2ncc[nH]2)C1)S(=O)(=O)c1ccccc1. The molecular weight excluding hydrogens is 346 g/mol. The number of piperidine rings is 1. The lowest BCUT2D eigenvalue weighted by Gasteiger charge is -2.33. The standard InChI is InChI=1S/C20H29N3O2S/c1-20(2,26(24,25)18-9-4-3-5-10-18)11-7-15-23-14-6-8-17(16-23)19-21-12-13-22-19/h3-5,9-10,12-13,17H,6-8,11,14-16H2,1-2H3,(H,21,22). The second-order valence-electron chi connectivity index (χ2n) is 7.79. The molecule has 1 aliphatic heterocycles. The minimum atomic E-state index is -3.32. The van der Waals surface area contributed by atoms with Crippen molar-refractivity contribution in [2.75, 3.05) is 19.6 Å². The van der Waals surface area contributed by atoms with Crippen molar-refractivity contribution in [3.8, 4) is 0 Å². The van der Waals surface area contributed by atoms with Crippen LogP contribution in [-0.2, 0) is 9.84 Å². The molecule has 0 radical (unpaired) electrons. The van der Waals surface area contributed by atoms with Gasteiger partial charge in [0.05, 0.1) is 9.64 Å². The second kappa shape index (κ2) is 7.92. The predicted molar refractivity (Wildman–Crippen MR) is 104 cm³/mol. The molecule has 1 atom stereocenters. The van der Waals surface area contributed by atoms with Crippen molar-refractivity contribution >= 4 is 9.84 Å². The predicted octanol–water partition coefficient (Wildman–Crippen LogP) is 3.62. The van der Waals surface area contributed by atoms with Crippen molar-refractivity contribution in [3.05, 3.63) is 48.5 Å². The molecule has 6 heteroatoms. The second-order valence-corrected chi connectivity index (χ2v) is 10.4. The van der Waals surface area contributed by atoms with E-state index in [1.807, 2.05) is 32.3 Å². The van der Waals surface area contributed by atoms with Gasteiger partial charge in [-0.1, -0.05) is 18.2 Å². The molecule has 2 heterocycles. The van der Waals surface area contributed by atoms with Gasteiger partial charge < -0.3 is 9.88 Å². The fourth-order valence-corrected chi connectivity index (χ4v) is 5.33. The monoisotopic (exact) mass is 375 g/mol. The molecule has 1 aromatic heterocycles. The maximum absolute atomic E-state index is 12.9. The Morgan fingerprint density at radius 3 is 2.73 bits per heavy atom. The van der Waals surface area contributed by atoms with E-state index in [0.717, 1.165) is 44.7 Å². The molecule has 1 saturated heterocycles. The zero-order chi connectivity index (χ0) is 18.6. The highest BCUT2D eigenvalue weighted by molar-refractivity contribution is 7.92. The molecule has 26 heavy (non-hydrogen) atoms. The van der Waals surface area contributed by atoms with Gasteiger partial charge in [0, 0.05) is 24.9 Å². The van der Waals surface area contributed by atoms with Crippen LogP contribution in [0, 0.1) is 0 Å². The van der Waals surface area contributed by atoms with E-state index in [4.69, 9.17) is 0 Å². The van der Waals surface area contributed by atoms with Gasteiger partial charge in [-0.25, -0.2) is 13.4 Å². The number of H-pyrrole nitrogens is 1. The van der Waals surface area contributed by atoms with Crippen LogP contribution in [0.25, 0.3) is 0 Å². The molecule has 1 fully saturated rings. The van der Waals surface area contributed by atoms with Gasteiger partial charge in [0.25, 0.3) is 0 Å². The lowest BCUT2D eigenvalue weighted by molar-refractivity contribution is 0.199. The van der Waals surface area contributed by atoms with Gasteiger partial charge in [-0.15, -0.1) is 0 Å². The molecule has 2 aromatic rings. The fraction of sp³-hybridized carbons (Fsp3) is 0.550. The van der Waals surface area contributed by atoms with Crippen LogP contribution >= 0.6 is 0 Å². The average molecular weight is 376 g/mol. The number of benzene rings is 1. The first-order valence-corrected chi connectivity index (χ1v) is 10.9. The van der Waals surface area contributed by atoms with Gasteiger partial charge in [0.2, 0.25) is 0 Å². The van der Waals surface area contributed by atoms with Crippen LogP contribution in [0.2, 0.25) is 0 Å². The van der Waals surface area contributed by atoms with E-state index in [2.05, 4.69) is 14.9 Å². The summed E-state index contributed by atoms with van der Waals surface area (Å²) >= 11 is 0. The number of hydrogen-bond donors (Lipinski definition) is 1. The summed E-state index contributed by atoms with van der Waals surface area (Å²) in [5.74, 6) is 1.53. The summed E-state index contributed by atoms with van der Waals surface area (Å²) in [4.78, 5) is 10.5. The van der Waals surface area contributed by atoms with Crippen LogP contribution in [0.4, 0.5) is 0 Å². The number of hydrogen-bond acceptors (Lipinski definition) is 4. The Labute approximate surface area is 156 Å². The van der Waals surface area contributed by atoms with Gasteiger partial charge in [-0.05, 0) is 64.8 Å². The van der Waals surface area contributed by atoms with Crippen LogP contribution in [0.3, 0.4) is 0 Å². The largest absolute Gasteiger partial charge is 0.348 e. The van der Waals surface area contributed by atoms with Gasteiger partial charge in [0.15, 0.2) is 9.84 Å². The lowest BCUT2D eigenvalue weighted by Crippen LogP contribution is -2.37. The Kier molecular flexibility index (Phi) is 5.82. The molecule has 0 spiro atoms. The smallest absolute Gasteiger partial charge is 0.183 e. The Morgan fingerprint density at radius 1 is 1.27 bits per heavy atom. The molecule has 0 bridgehead atoms. The molecule has 1 N–H and O–H groups in total. The first kappa shape index (κ1) is 19.1. The third kappa shape index (κ3) is 4.18. The van der Waals surface area contributed by atoms with Crippen LogP contribution in [0.15, 0.2) is 47.6 Å². The molecule has 5 nitrogen and oxygen atoms in total. The Morgan fingerprint density at radius 2 is 2.04 bits per heavy atom. The van der Waals surface area contributed by atoms with Crippen LogP contribution in [0.1, 0.15) is 51.3 Å². The number of sulfone groups is 1. The summed E-state index contributed by atoms with van der Waals surface area (Å²) in [6.07, 6.45) is 7.56. The first-order chi connectivity index (χ1) is 12.4. The van der Waals surface area contributed by atoms with E-state index in [1.54, 1.807) is 24.3 Å². The molecule has 1 aliphatic rings. The normalized spacial score (nSPS) is 19.5. The number of nitrogens with zero attached hydrogens (tertiary/aromatic N) is 2. The highest BCUT2D eigenvalue weighted by Gasteiger charge is 2.35. The van der Waals surface area contributed by atoms with E-state index in [9.17, 15) is 8.42 Å². The van der Waals surface area contributed by atoms with Gasteiger partial charge >= 0.3 is 0 Å². The Balaban J connectivity index is 1.55. The van der Waals surface area contributed by atoms with Crippen molar-refractivity contribution < 1.29 is 8.42 Å². The highest BCUT2D eigenvalue weighted by Crippen LogP contribution is 2.30. The van der Waals surface area contributed by atoms with E-state index in [-0.39, 0.29) is 0 Å². The average Bonchev–Trinajstić information content (AvgIpc) is 3.17. The molecule has 0 amide bonds. The summed E-state index contributed by atoms with van der Waals surface area (Å²) in [5.41, 5.74) is 0. The van der Waals surface area contributed by atoms with E-state index >= 15 is 0 Å². The van der Waals surface area contributed by atoms with Gasteiger partial charge in [-0.3, -0.25) is 0 Å². The van der Waals surface area contributed by atoms with Gasteiger partial charge in [-0.2, -0.15) is 0 Å². The van der Waals surface area contributed by atoms with Crippen molar-refractivity contribution in [3.63, 3.8) is 0 Å². The summed E-state index contributed by atoms with van der Waals surface area (Å²) in [5, 5.41) is 0. The van der Waals surface area contributed by atoms with E-state index in [0.29, 0.717) is 17.2 Å². The molecule has 1 aromatic carbocycles. The Hall–Kier alpha value is -1.66. The maximum Gasteiger partial charge on any atom is 0.183 e. The van der Waals surface area contributed by atoms with Gasteiger partial charge in [0.1, 0.15) is 5.82 Å². The molecular formula is C20H29N3O2S. The number of rotatable bonds is 7. The highest BCUT2D eigenvalue weighted by atomic mass is 32.2. The quantitative estimate of drug-likeness (QED) is 0.803. The minimum Gasteiger partial charge on any atom is -0.348 e. The summed E-state index contributed by atoms with van der Waals surface area (Å²) < 4.78 is 25.1. The zero-order valence-corrected chi connectivity index (χ0v) is 16.5. The zero-order valence-electron chi connectivity index (χ0n) is 15.7. The summed E-state index contributed by atoms with van der Waals surface area (Å²) in [7, 11) is -3.32. The van der Waals surface area contributed by atoms with E-state index in [1.165, 1.54) is 0 Å².